The summed E-state index contributed by atoms with van der Waals surface area (Å²) in [7, 11) is -1.47. The highest BCUT2D eigenvalue weighted by atomic mass is 35.5. The first kappa shape index (κ1) is 11.2. The van der Waals surface area contributed by atoms with Crippen molar-refractivity contribution in [3.8, 4) is 0 Å². The van der Waals surface area contributed by atoms with Gasteiger partial charge in [-0.1, -0.05) is 30.3 Å². The molecule has 1 N–H and O–H groups in total. The highest BCUT2D eigenvalue weighted by Gasteiger charge is 2.11. The number of hydrogen-bond acceptors (Lipinski definition) is 2. The molecule has 0 heterocycles. The second kappa shape index (κ2) is 5.13. The molecule has 0 saturated carbocycles. The van der Waals surface area contributed by atoms with Crippen molar-refractivity contribution in [3.63, 3.8) is 0 Å². The molecule has 0 aliphatic heterocycles. The average Bonchev–Trinajstić information content (AvgIpc) is 2.20. The molecular formula is C10H9ClO2S. The number of halogens is 1. The highest BCUT2D eigenvalue weighted by Crippen LogP contribution is 2.22. The van der Waals surface area contributed by atoms with Gasteiger partial charge in [-0.3, -0.25) is 0 Å². The normalized spacial score (nSPS) is 11.9. The van der Waals surface area contributed by atoms with E-state index in [1.165, 1.54) is 0 Å². The van der Waals surface area contributed by atoms with Crippen LogP contribution in [0.1, 0.15) is 0 Å². The van der Waals surface area contributed by atoms with Gasteiger partial charge in [-0.2, -0.15) is 0 Å². The van der Waals surface area contributed by atoms with Crippen LogP contribution < -0.4 is 0 Å². The van der Waals surface area contributed by atoms with Gasteiger partial charge in [0.2, 0.25) is 0 Å². The summed E-state index contributed by atoms with van der Waals surface area (Å²) in [5, 5.41) is 9.28. The van der Waals surface area contributed by atoms with Crippen molar-refractivity contribution in [1.82, 2.24) is 0 Å². The molecule has 2 nitrogen and oxygen atoms in total. The largest absolute Gasteiger partial charge is 0.390 e. The third-order valence-electron chi connectivity index (χ3n) is 1.60. The number of aliphatic hydroxyl groups is 1. The zero-order valence-electron chi connectivity index (χ0n) is 7.37. The molecule has 14 heavy (non-hydrogen) atoms. The average molecular weight is 229 g/mol. The van der Waals surface area contributed by atoms with Gasteiger partial charge in [-0.25, -0.2) is 4.21 Å². The van der Waals surface area contributed by atoms with Crippen molar-refractivity contribution >= 4 is 22.4 Å². The molecule has 4 heteroatoms. The molecule has 0 saturated heterocycles. The van der Waals surface area contributed by atoms with Crippen LogP contribution in [0, 0.1) is 0 Å². The van der Waals surface area contributed by atoms with Gasteiger partial charge >= 0.3 is 0 Å². The van der Waals surface area contributed by atoms with E-state index in [4.69, 9.17) is 16.7 Å². The third-order valence-corrected chi connectivity index (χ3v) is 3.52. The van der Waals surface area contributed by atoms with Crippen LogP contribution in [-0.2, 0) is 10.8 Å². The van der Waals surface area contributed by atoms with Crippen LogP contribution in [0.5, 0.6) is 0 Å². The van der Waals surface area contributed by atoms with Crippen molar-refractivity contribution in [1.29, 1.82) is 0 Å². The van der Waals surface area contributed by atoms with Gasteiger partial charge in [-0.15, -0.1) is 5.73 Å². The van der Waals surface area contributed by atoms with E-state index < -0.39 is 10.8 Å². The Morgan fingerprint density at radius 3 is 2.71 bits per heavy atom. The summed E-state index contributed by atoms with van der Waals surface area (Å²) >= 11 is 5.84. The van der Waals surface area contributed by atoms with Crippen LogP contribution in [-0.4, -0.2) is 15.9 Å². The number of aliphatic hydroxyl groups excluding tert-OH is 1. The van der Waals surface area contributed by atoms with E-state index in [1.54, 1.807) is 24.3 Å². The quantitative estimate of drug-likeness (QED) is 0.805. The Hall–Kier alpha value is -0.860. The van der Waals surface area contributed by atoms with Gasteiger partial charge in [0.15, 0.2) is 0 Å². The van der Waals surface area contributed by atoms with Gasteiger partial charge in [0.1, 0.15) is 0 Å². The van der Waals surface area contributed by atoms with Gasteiger partial charge in [0.25, 0.3) is 0 Å². The van der Waals surface area contributed by atoms with Gasteiger partial charge < -0.3 is 5.11 Å². The zero-order valence-corrected chi connectivity index (χ0v) is 8.94. The molecule has 1 unspecified atom stereocenters. The zero-order chi connectivity index (χ0) is 10.6. The molecule has 0 spiro atoms. The van der Waals surface area contributed by atoms with Crippen molar-refractivity contribution in [2.24, 2.45) is 0 Å². The fourth-order valence-corrected chi connectivity index (χ4v) is 2.21. The standard InChI is InChI=1S/C10H9ClO2S/c1-2-8(7-12)14(13)10-6-4-3-5-9(10)11/h3-6,12H,1,7H2. The van der Waals surface area contributed by atoms with Crippen LogP contribution in [0.2, 0.25) is 5.02 Å². The predicted molar refractivity (Wildman–Crippen MR) is 57.6 cm³/mol. The molecule has 0 aliphatic rings. The summed E-state index contributed by atoms with van der Waals surface area (Å²) < 4.78 is 11.8. The first-order chi connectivity index (χ1) is 6.70. The smallest absolute Gasteiger partial charge is 0.0925 e. The number of hydrogen-bond donors (Lipinski definition) is 1. The Morgan fingerprint density at radius 2 is 2.21 bits per heavy atom. The van der Waals surface area contributed by atoms with Crippen molar-refractivity contribution in [2.45, 2.75) is 4.90 Å². The van der Waals surface area contributed by atoms with E-state index in [9.17, 15) is 4.21 Å². The number of benzene rings is 1. The summed E-state index contributed by atoms with van der Waals surface area (Å²) in [5.74, 6) is 0. The minimum absolute atomic E-state index is 0.234. The van der Waals surface area contributed by atoms with Crippen LogP contribution in [0.25, 0.3) is 0 Å². The second-order valence-electron chi connectivity index (χ2n) is 2.46. The van der Waals surface area contributed by atoms with Crippen LogP contribution in [0.3, 0.4) is 0 Å². The molecular weight excluding hydrogens is 220 g/mol. The van der Waals surface area contributed by atoms with Gasteiger partial charge in [0.05, 0.1) is 32.2 Å². The van der Waals surface area contributed by atoms with E-state index in [2.05, 4.69) is 12.3 Å². The lowest BCUT2D eigenvalue weighted by molar-refractivity contribution is 0.339. The summed E-state index contributed by atoms with van der Waals surface area (Å²) in [5.41, 5.74) is 2.44. The Kier molecular flexibility index (Phi) is 4.11. The molecule has 1 aromatic carbocycles. The second-order valence-corrected chi connectivity index (χ2v) is 4.33. The molecule has 0 aliphatic carbocycles. The Bertz CT molecular complexity index is 408. The lowest BCUT2D eigenvalue weighted by atomic mass is 10.4. The topological polar surface area (TPSA) is 37.3 Å². The minimum Gasteiger partial charge on any atom is -0.390 e. The van der Waals surface area contributed by atoms with E-state index in [0.29, 0.717) is 9.92 Å². The molecule has 0 radical (unpaired) electrons. The molecule has 1 atom stereocenters. The highest BCUT2D eigenvalue weighted by molar-refractivity contribution is 7.89. The molecule has 1 rings (SSSR count). The molecule has 1 aromatic rings. The first-order valence-electron chi connectivity index (χ1n) is 3.86. The fraction of sp³-hybridized carbons (Fsp3) is 0.100. The molecule has 0 fully saturated rings. The Balaban J connectivity index is 3.13. The maximum atomic E-state index is 11.8. The lowest BCUT2D eigenvalue weighted by Crippen LogP contribution is -1.99. The van der Waals surface area contributed by atoms with Gasteiger partial charge in [-0.05, 0) is 12.1 Å². The summed E-state index contributed by atoms with van der Waals surface area (Å²) in [6.45, 7) is 3.02. The maximum Gasteiger partial charge on any atom is 0.0925 e. The van der Waals surface area contributed by atoms with Crippen molar-refractivity contribution in [2.75, 3.05) is 6.61 Å². The van der Waals surface area contributed by atoms with Crippen LogP contribution >= 0.6 is 11.6 Å². The summed E-state index contributed by atoms with van der Waals surface area (Å²) in [6.07, 6.45) is 0. The minimum atomic E-state index is -1.47. The molecule has 0 bridgehead atoms. The third kappa shape index (κ3) is 2.34. The van der Waals surface area contributed by atoms with Crippen LogP contribution in [0.15, 0.2) is 46.4 Å². The van der Waals surface area contributed by atoms with E-state index in [0.717, 1.165) is 0 Å². The van der Waals surface area contributed by atoms with Crippen LogP contribution in [0.4, 0.5) is 0 Å². The molecule has 74 valence electrons. The Labute approximate surface area is 90.0 Å². The first-order valence-corrected chi connectivity index (χ1v) is 5.39. The van der Waals surface area contributed by atoms with Gasteiger partial charge in [0, 0.05) is 0 Å². The fourth-order valence-electron chi connectivity index (χ4n) is 0.908. The van der Waals surface area contributed by atoms with Crippen molar-refractivity contribution < 1.29 is 9.32 Å². The summed E-state index contributed by atoms with van der Waals surface area (Å²) in [4.78, 5) is 0.701. The van der Waals surface area contributed by atoms with E-state index in [-0.39, 0.29) is 11.5 Å². The number of rotatable bonds is 3. The molecule has 0 amide bonds. The monoisotopic (exact) mass is 228 g/mol. The predicted octanol–water partition coefficient (Wildman–Crippen LogP) is 2.11. The maximum absolute atomic E-state index is 11.8. The summed E-state index contributed by atoms with van der Waals surface area (Å²) in [6, 6.07) is 6.77. The van der Waals surface area contributed by atoms with E-state index in [1.807, 2.05) is 0 Å². The Morgan fingerprint density at radius 1 is 1.57 bits per heavy atom. The SMILES string of the molecule is C=C=C(CO)S(=O)c1ccccc1Cl. The molecule has 0 aromatic heterocycles. The van der Waals surface area contributed by atoms with E-state index >= 15 is 0 Å². The van der Waals surface area contributed by atoms with Crippen molar-refractivity contribution in [3.05, 3.63) is 46.5 Å². The lowest BCUT2D eigenvalue weighted by Gasteiger charge is -2.03.